The van der Waals surface area contributed by atoms with Crippen LogP contribution in [0.4, 0.5) is 26.3 Å². The van der Waals surface area contributed by atoms with Crippen molar-refractivity contribution >= 4 is 23.6 Å². The number of hydrogen-bond acceptors (Lipinski definition) is 5. The van der Waals surface area contributed by atoms with Gasteiger partial charge in [0.1, 0.15) is 12.1 Å². The van der Waals surface area contributed by atoms with Gasteiger partial charge in [0.15, 0.2) is 0 Å². The third-order valence-corrected chi connectivity index (χ3v) is 7.02. The Kier molecular flexibility index (Phi) is 6.73. The summed E-state index contributed by atoms with van der Waals surface area (Å²) in [5.74, 6) is -7.68. The number of amides is 4. The molecule has 3 aliphatic rings. The first-order chi connectivity index (χ1) is 16.0. The Morgan fingerprint density at radius 1 is 1.20 bits per heavy atom. The quantitative estimate of drug-likeness (QED) is 0.450. The van der Waals surface area contributed by atoms with E-state index in [4.69, 9.17) is 0 Å². The number of nitriles is 1. The SMILES string of the molecule is CC1(C)[C@@H]2[C@@H](C(=O)N[C@H](C#N)C[C@@H]3CCNC3=O)N(C(=O)[C@@H](NC(=O)C(F)(F)F)C(F)(F)F)C[C@@H]21. The first kappa shape index (κ1) is 26.6. The van der Waals surface area contributed by atoms with Gasteiger partial charge in [-0.25, -0.2) is 0 Å². The Balaban J connectivity index is 1.81. The van der Waals surface area contributed by atoms with Gasteiger partial charge in [0, 0.05) is 19.0 Å². The normalized spacial score (nSPS) is 28.9. The molecule has 0 unspecified atom stereocenters. The van der Waals surface area contributed by atoms with Crippen molar-refractivity contribution < 1.29 is 45.5 Å². The van der Waals surface area contributed by atoms with E-state index in [9.17, 15) is 50.8 Å². The second kappa shape index (κ2) is 8.87. The molecule has 194 valence electrons. The molecule has 35 heavy (non-hydrogen) atoms. The summed E-state index contributed by atoms with van der Waals surface area (Å²) in [6, 6.07) is -4.38. The Morgan fingerprint density at radius 2 is 1.83 bits per heavy atom. The molecule has 3 fully saturated rings. The van der Waals surface area contributed by atoms with Gasteiger partial charge in [0.05, 0.1) is 6.07 Å². The number of likely N-dealkylation sites (tertiary alicyclic amines) is 1. The van der Waals surface area contributed by atoms with E-state index in [-0.39, 0.29) is 18.9 Å². The minimum Gasteiger partial charge on any atom is -0.356 e. The smallest absolute Gasteiger partial charge is 0.356 e. The number of hydrogen-bond donors (Lipinski definition) is 3. The molecule has 2 saturated heterocycles. The van der Waals surface area contributed by atoms with Crippen LogP contribution < -0.4 is 16.0 Å². The van der Waals surface area contributed by atoms with Gasteiger partial charge in [0.2, 0.25) is 17.9 Å². The number of carbonyl (C=O) groups excluding carboxylic acids is 4. The summed E-state index contributed by atoms with van der Waals surface area (Å²) in [4.78, 5) is 49.2. The van der Waals surface area contributed by atoms with E-state index in [1.807, 2.05) is 6.07 Å². The summed E-state index contributed by atoms with van der Waals surface area (Å²) in [6.07, 6.45) is -10.9. The molecule has 1 aliphatic carbocycles. The van der Waals surface area contributed by atoms with E-state index in [0.717, 1.165) is 0 Å². The second-order valence-electron chi connectivity index (χ2n) is 9.54. The van der Waals surface area contributed by atoms with Gasteiger partial charge < -0.3 is 20.9 Å². The Morgan fingerprint density at radius 3 is 2.31 bits per heavy atom. The standard InChI is InChI=1S/C20H23F6N5O4/c1-18(2)10-7-31(16(34)13(19(21,22)23)30-17(35)20(24,25)26)12(11(10)18)15(33)29-9(6-27)5-8-3-4-28-14(8)32/h8-13H,3-5,7H2,1-2H3,(H,28,32)(H,29,33)(H,30,35)/t8-,9-,10-,11-,12-,13+/m0/s1. The predicted molar refractivity (Wildman–Crippen MR) is 104 cm³/mol. The molecule has 0 aromatic heterocycles. The van der Waals surface area contributed by atoms with Crippen LogP contribution >= 0.6 is 0 Å². The minimum absolute atomic E-state index is 0.0565. The van der Waals surface area contributed by atoms with Crippen molar-refractivity contribution in [3.05, 3.63) is 0 Å². The highest BCUT2D eigenvalue weighted by Gasteiger charge is 2.70. The van der Waals surface area contributed by atoms with Gasteiger partial charge in [-0.3, -0.25) is 19.2 Å². The summed E-state index contributed by atoms with van der Waals surface area (Å²) in [7, 11) is 0. The molecule has 0 spiro atoms. The highest BCUT2D eigenvalue weighted by atomic mass is 19.4. The molecule has 3 N–H and O–H groups in total. The van der Waals surface area contributed by atoms with Crippen LogP contribution in [0.25, 0.3) is 0 Å². The van der Waals surface area contributed by atoms with Crippen molar-refractivity contribution in [1.29, 1.82) is 5.26 Å². The van der Waals surface area contributed by atoms with Gasteiger partial charge in [-0.2, -0.15) is 31.6 Å². The number of piperidine rings is 1. The minimum atomic E-state index is -5.66. The number of alkyl halides is 6. The zero-order valence-corrected chi connectivity index (χ0v) is 18.6. The third kappa shape index (κ3) is 5.15. The second-order valence-corrected chi connectivity index (χ2v) is 9.54. The molecular weight excluding hydrogens is 488 g/mol. The molecule has 0 aromatic rings. The number of halogens is 6. The Bertz CT molecular complexity index is 959. The summed E-state index contributed by atoms with van der Waals surface area (Å²) >= 11 is 0. The van der Waals surface area contributed by atoms with Crippen molar-refractivity contribution in [1.82, 2.24) is 20.9 Å². The zero-order valence-electron chi connectivity index (χ0n) is 18.6. The van der Waals surface area contributed by atoms with Crippen molar-refractivity contribution in [3.8, 4) is 6.07 Å². The Hall–Kier alpha value is -3.05. The van der Waals surface area contributed by atoms with Crippen LogP contribution in [0.3, 0.4) is 0 Å². The Labute approximate surface area is 195 Å². The first-order valence-corrected chi connectivity index (χ1v) is 10.7. The molecule has 2 aliphatic heterocycles. The number of nitrogens with zero attached hydrogens (tertiary/aromatic N) is 2. The molecule has 2 heterocycles. The first-order valence-electron chi connectivity index (χ1n) is 10.7. The molecule has 0 aromatic carbocycles. The fourth-order valence-electron chi connectivity index (χ4n) is 5.03. The van der Waals surface area contributed by atoms with E-state index < -0.39 is 71.4 Å². The lowest BCUT2D eigenvalue weighted by atomic mass is 9.97. The molecule has 9 nitrogen and oxygen atoms in total. The topological polar surface area (TPSA) is 131 Å². The van der Waals surface area contributed by atoms with E-state index in [2.05, 4.69) is 10.6 Å². The van der Waals surface area contributed by atoms with Crippen LogP contribution in [0.15, 0.2) is 0 Å². The van der Waals surface area contributed by atoms with Crippen LogP contribution in [0.2, 0.25) is 0 Å². The summed E-state index contributed by atoms with van der Waals surface area (Å²) in [5.41, 5.74) is -0.546. The van der Waals surface area contributed by atoms with Crippen molar-refractivity contribution in [2.75, 3.05) is 13.1 Å². The highest BCUT2D eigenvalue weighted by Crippen LogP contribution is 2.65. The highest BCUT2D eigenvalue weighted by molar-refractivity contribution is 5.95. The van der Waals surface area contributed by atoms with E-state index in [0.29, 0.717) is 23.2 Å². The number of fused-ring (bicyclic) bond motifs is 1. The number of carbonyl (C=O) groups is 4. The van der Waals surface area contributed by atoms with Crippen molar-refractivity contribution in [2.45, 2.75) is 57.2 Å². The maximum Gasteiger partial charge on any atom is 0.471 e. The van der Waals surface area contributed by atoms with Gasteiger partial charge in [-0.1, -0.05) is 13.8 Å². The molecular formula is C20H23F6N5O4. The monoisotopic (exact) mass is 511 g/mol. The van der Waals surface area contributed by atoms with Crippen LogP contribution in [0.5, 0.6) is 0 Å². The fraction of sp³-hybridized carbons (Fsp3) is 0.750. The van der Waals surface area contributed by atoms with Gasteiger partial charge in [-0.05, 0) is 30.1 Å². The van der Waals surface area contributed by atoms with Gasteiger partial charge in [0.25, 0.3) is 5.91 Å². The maximum absolute atomic E-state index is 13.5. The van der Waals surface area contributed by atoms with Crippen LogP contribution in [-0.2, 0) is 19.2 Å². The van der Waals surface area contributed by atoms with Gasteiger partial charge in [-0.15, -0.1) is 0 Å². The lowest BCUT2D eigenvalue weighted by Crippen LogP contribution is -2.61. The molecule has 15 heteroatoms. The van der Waals surface area contributed by atoms with E-state index >= 15 is 0 Å². The van der Waals surface area contributed by atoms with E-state index in [1.54, 1.807) is 13.8 Å². The molecule has 0 bridgehead atoms. The molecule has 6 atom stereocenters. The van der Waals surface area contributed by atoms with Crippen LogP contribution in [0.1, 0.15) is 26.7 Å². The number of nitrogens with one attached hydrogen (secondary N) is 3. The largest absolute Gasteiger partial charge is 0.471 e. The van der Waals surface area contributed by atoms with Crippen LogP contribution in [0, 0.1) is 34.5 Å². The average molecular weight is 511 g/mol. The summed E-state index contributed by atoms with van der Waals surface area (Å²) < 4.78 is 78.1. The summed E-state index contributed by atoms with van der Waals surface area (Å²) in [5, 5.41) is 15.0. The lowest BCUT2D eigenvalue weighted by Gasteiger charge is -2.34. The molecule has 3 rings (SSSR count). The molecule has 1 saturated carbocycles. The maximum atomic E-state index is 13.5. The fourth-order valence-corrected chi connectivity index (χ4v) is 5.03. The third-order valence-electron chi connectivity index (χ3n) is 7.02. The molecule has 0 radical (unpaired) electrons. The predicted octanol–water partition coefficient (Wildman–Crippen LogP) is 0.613. The average Bonchev–Trinajstić information content (AvgIpc) is 3.10. The van der Waals surface area contributed by atoms with Crippen LogP contribution in [-0.4, -0.2) is 72.1 Å². The lowest BCUT2D eigenvalue weighted by molar-refractivity contribution is -0.192. The summed E-state index contributed by atoms with van der Waals surface area (Å²) in [6.45, 7) is 3.50. The van der Waals surface area contributed by atoms with Gasteiger partial charge >= 0.3 is 18.3 Å². The zero-order chi connectivity index (χ0) is 26.5. The van der Waals surface area contributed by atoms with Crippen molar-refractivity contribution in [3.63, 3.8) is 0 Å². The van der Waals surface area contributed by atoms with E-state index in [1.165, 1.54) is 0 Å². The molecule has 4 amide bonds. The van der Waals surface area contributed by atoms with Crippen molar-refractivity contribution in [2.24, 2.45) is 23.2 Å². The number of rotatable bonds is 6.